The van der Waals surface area contributed by atoms with Crippen LogP contribution in [0.1, 0.15) is 20.8 Å². The molecule has 134 valence electrons. The van der Waals surface area contributed by atoms with Crippen LogP contribution in [0.4, 0.5) is 5.82 Å². The Labute approximate surface area is 154 Å². The Hall–Kier alpha value is -3.13. The molecule has 2 heterocycles. The van der Waals surface area contributed by atoms with Crippen molar-refractivity contribution in [2.45, 2.75) is 6.54 Å². The second-order valence-electron chi connectivity index (χ2n) is 5.53. The molecule has 2 aromatic heterocycles. The van der Waals surface area contributed by atoms with E-state index in [2.05, 4.69) is 20.7 Å². The summed E-state index contributed by atoms with van der Waals surface area (Å²) in [6.45, 7) is 1.04. The van der Waals surface area contributed by atoms with Gasteiger partial charge in [0.15, 0.2) is 5.69 Å². The summed E-state index contributed by atoms with van der Waals surface area (Å²) in [5, 5.41) is 9.97. The molecule has 0 fully saturated rings. The number of aromatic nitrogens is 4. The first-order chi connectivity index (χ1) is 12.5. The average Bonchev–Trinajstić information content (AvgIpc) is 3.25. The molecular weight excluding hydrogens is 356 g/mol. The molecular formula is C17H17ClN6O2. The van der Waals surface area contributed by atoms with Gasteiger partial charge in [-0.1, -0.05) is 23.7 Å². The summed E-state index contributed by atoms with van der Waals surface area (Å²) in [4.78, 5) is 28.5. The zero-order valence-electron chi connectivity index (χ0n) is 14.0. The van der Waals surface area contributed by atoms with E-state index >= 15 is 0 Å². The molecule has 0 saturated heterocycles. The number of nitrogens with one attached hydrogen (secondary N) is 2. The SMILES string of the molecule is Cn1nc(C(=O)NCCn2ccnc2)cc1NC(=O)c1ccccc1Cl. The van der Waals surface area contributed by atoms with Gasteiger partial charge in [0.25, 0.3) is 11.8 Å². The zero-order chi connectivity index (χ0) is 18.5. The lowest BCUT2D eigenvalue weighted by Gasteiger charge is -2.06. The van der Waals surface area contributed by atoms with Crippen molar-refractivity contribution >= 4 is 29.2 Å². The van der Waals surface area contributed by atoms with Gasteiger partial charge in [-0.15, -0.1) is 0 Å². The molecule has 0 radical (unpaired) electrons. The molecule has 0 aliphatic carbocycles. The lowest BCUT2D eigenvalue weighted by atomic mass is 10.2. The first-order valence-electron chi connectivity index (χ1n) is 7.88. The summed E-state index contributed by atoms with van der Waals surface area (Å²) >= 11 is 6.03. The maximum absolute atomic E-state index is 12.3. The first kappa shape index (κ1) is 17.7. The summed E-state index contributed by atoms with van der Waals surface area (Å²) in [7, 11) is 1.64. The Bertz CT molecular complexity index is 919. The van der Waals surface area contributed by atoms with Crippen molar-refractivity contribution in [1.29, 1.82) is 0 Å². The smallest absolute Gasteiger partial charge is 0.271 e. The molecule has 2 N–H and O–H groups in total. The lowest BCUT2D eigenvalue weighted by Crippen LogP contribution is -2.27. The third-order valence-corrected chi connectivity index (χ3v) is 4.02. The number of halogens is 1. The van der Waals surface area contributed by atoms with Crippen LogP contribution in [-0.2, 0) is 13.6 Å². The minimum absolute atomic E-state index is 0.215. The number of rotatable bonds is 6. The zero-order valence-corrected chi connectivity index (χ0v) is 14.8. The normalized spacial score (nSPS) is 10.5. The standard InChI is InChI=1S/C17H17ClN6O2/c1-23-15(21-16(25)12-4-2-3-5-13(12)18)10-14(22-23)17(26)20-7-9-24-8-6-19-11-24/h2-6,8,10-11H,7,9H2,1H3,(H,20,26)(H,21,25). The van der Waals surface area contributed by atoms with Gasteiger partial charge in [-0.2, -0.15) is 5.10 Å². The Balaban J connectivity index is 1.62. The van der Waals surface area contributed by atoms with E-state index in [1.165, 1.54) is 10.7 Å². The van der Waals surface area contributed by atoms with Crippen molar-refractivity contribution in [3.8, 4) is 0 Å². The number of hydrogen-bond donors (Lipinski definition) is 2. The van der Waals surface area contributed by atoms with Crippen LogP contribution in [0, 0.1) is 0 Å². The van der Waals surface area contributed by atoms with E-state index in [1.54, 1.807) is 43.8 Å². The van der Waals surface area contributed by atoms with Crippen molar-refractivity contribution in [3.05, 3.63) is 65.3 Å². The van der Waals surface area contributed by atoms with E-state index < -0.39 is 0 Å². The number of hydrogen-bond acceptors (Lipinski definition) is 4. The van der Waals surface area contributed by atoms with E-state index in [0.29, 0.717) is 29.5 Å². The van der Waals surface area contributed by atoms with Gasteiger partial charge in [0.1, 0.15) is 5.82 Å². The van der Waals surface area contributed by atoms with E-state index in [4.69, 9.17) is 11.6 Å². The number of anilines is 1. The van der Waals surface area contributed by atoms with Crippen molar-refractivity contribution in [3.63, 3.8) is 0 Å². The van der Waals surface area contributed by atoms with Gasteiger partial charge in [-0.25, -0.2) is 4.98 Å². The van der Waals surface area contributed by atoms with Gasteiger partial charge in [0.05, 0.1) is 16.9 Å². The molecule has 0 aliphatic rings. The Morgan fingerprint density at radius 2 is 2.04 bits per heavy atom. The molecule has 8 nitrogen and oxygen atoms in total. The molecule has 0 aliphatic heterocycles. The second kappa shape index (κ2) is 7.83. The highest BCUT2D eigenvalue weighted by atomic mass is 35.5. The van der Waals surface area contributed by atoms with Gasteiger partial charge >= 0.3 is 0 Å². The molecule has 0 bridgehead atoms. The monoisotopic (exact) mass is 372 g/mol. The van der Waals surface area contributed by atoms with Gasteiger partial charge in [0.2, 0.25) is 0 Å². The fourth-order valence-electron chi connectivity index (χ4n) is 2.33. The Morgan fingerprint density at radius 1 is 1.23 bits per heavy atom. The number of imidazole rings is 1. The topological polar surface area (TPSA) is 93.8 Å². The van der Waals surface area contributed by atoms with Gasteiger partial charge < -0.3 is 15.2 Å². The van der Waals surface area contributed by atoms with E-state index in [-0.39, 0.29) is 17.5 Å². The molecule has 1 aromatic carbocycles. The van der Waals surface area contributed by atoms with Crippen LogP contribution < -0.4 is 10.6 Å². The average molecular weight is 373 g/mol. The van der Waals surface area contributed by atoms with Gasteiger partial charge in [-0.05, 0) is 12.1 Å². The van der Waals surface area contributed by atoms with Crippen LogP contribution in [0.15, 0.2) is 49.1 Å². The van der Waals surface area contributed by atoms with Crippen LogP contribution in [0.3, 0.4) is 0 Å². The number of benzene rings is 1. The minimum Gasteiger partial charge on any atom is -0.349 e. The van der Waals surface area contributed by atoms with Gasteiger partial charge in [0, 0.05) is 38.6 Å². The second-order valence-corrected chi connectivity index (χ2v) is 5.94. The van der Waals surface area contributed by atoms with Crippen LogP contribution in [-0.4, -0.2) is 37.7 Å². The first-order valence-corrected chi connectivity index (χ1v) is 8.26. The largest absolute Gasteiger partial charge is 0.349 e. The number of nitrogens with zero attached hydrogens (tertiary/aromatic N) is 4. The summed E-state index contributed by atoms with van der Waals surface area (Å²) in [6, 6.07) is 8.25. The van der Waals surface area contributed by atoms with Crippen molar-refractivity contribution < 1.29 is 9.59 Å². The maximum Gasteiger partial charge on any atom is 0.271 e. The van der Waals surface area contributed by atoms with Crippen molar-refractivity contribution in [2.75, 3.05) is 11.9 Å². The highest BCUT2D eigenvalue weighted by Crippen LogP contribution is 2.17. The van der Waals surface area contributed by atoms with Crippen LogP contribution in [0.2, 0.25) is 5.02 Å². The summed E-state index contributed by atoms with van der Waals surface area (Å²) < 4.78 is 3.29. The summed E-state index contributed by atoms with van der Waals surface area (Å²) in [6.07, 6.45) is 5.17. The third kappa shape index (κ3) is 4.09. The number of amides is 2. The van der Waals surface area contributed by atoms with Crippen LogP contribution >= 0.6 is 11.6 Å². The highest BCUT2D eigenvalue weighted by molar-refractivity contribution is 6.34. The van der Waals surface area contributed by atoms with E-state index in [0.717, 1.165) is 0 Å². The van der Waals surface area contributed by atoms with Crippen LogP contribution in [0.5, 0.6) is 0 Å². The van der Waals surface area contributed by atoms with Crippen molar-refractivity contribution in [2.24, 2.45) is 7.05 Å². The van der Waals surface area contributed by atoms with Crippen LogP contribution in [0.25, 0.3) is 0 Å². The predicted octanol–water partition coefficient (Wildman–Crippen LogP) is 1.95. The molecule has 26 heavy (non-hydrogen) atoms. The summed E-state index contributed by atoms with van der Waals surface area (Å²) in [5.41, 5.74) is 0.564. The fourth-order valence-corrected chi connectivity index (χ4v) is 2.55. The molecule has 2 amide bonds. The molecule has 0 spiro atoms. The number of carbonyl (C=O) groups is 2. The van der Waals surface area contributed by atoms with Crippen molar-refractivity contribution in [1.82, 2.24) is 24.6 Å². The Morgan fingerprint density at radius 3 is 2.77 bits per heavy atom. The minimum atomic E-state index is -0.370. The maximum atomic E-state index is 12.3. The molecule has 3 rings (SSSR count). The number of carbonyl (C=O) groups excluding carboxylic acids is 2. The third-order valence-electron chi connectivity index (χ3n) is 3.69. The molecule has 0 unspecified atom stereocenters. The highest BCUT2D eigenvalue weighted by Gasteiger charge is 2.16. The van der Waals surface area contributed by atoms with E-state index in [9.17, 15) is 9.59 Å². The number of aryl methyl sites for hydroxylation is 1. The molecule has 0 saturated carbocycles. The quantitative estimate of drug-likeness (QED) is 0.691. The van der Waals surface area contributed by atoms with Gasteiger partial charge in [-0.3, -0.25) is 14.3 Å². The lowest BCUT2D eigenvalue weighted by molar-refractivity contribution is 0.0945. The predicted molar refractivity (Wildman–Crippen MR) is 97.2 cm³/mol. The fraction of sp³-hybridized carbons (Fsp3) is 0.176. The van der Waals surface area contributed by atoms with E-state index in [1.807, 2.05) is 10.8 Å². The Kier molecular flexibility index (Phi) is 5.33. The molecule has 9 heteroatoms. The molecule has 3 aromatic rings. The summed E-state index contributed by atoms with van der Waals surface area (Å²) in [5.74, 6) is -0.292. The molecule has 0 atom stereocenters.